The van der Waals surface area contributed by atoms with Crippen molar-refractivity contribution in [3.05, 3.63) is 34.9 Å². The summed E-state index contributed by atoms with van der Waals surface area (Å²) in [5.74, 6) is -2.53. The fourth-order valence-electron chi connectivity index (χ4n) is 2.69. The minimum Gasteiger partial charge on any atom is -0.330 e. The topological polar surface area (TPSA) is 26.0 Å². The molecule has 16 heavy (non-hydrogen) atoms. The van der Waals surface area contributed by atoms with Crippen LogP contribution < -0.4 is 5.73 Å². The van der Waals surface area contributed by atoms with Gasteiger partial charge in [0.1, 0.15) is 0 Å². The lowest BCUT2D eigenvalue weighted by Crippen LogP contribution is -2.54. The fourth-order valence-corrected chi connectivity index (χ4v) is 2.69. The molecule has 1 aliphatic rings. The summed E-state index contributed by atoms with van der Waals surface area (Å²) >= 11 is 0. The molecule has 0 spiro atoms. The minimum absolute atomic E-state index is 0.110. The summed E-state index contributed by atoms with van der Waals surface area (Å²) < 4.78 is 26.2. The SMILES string of the molecule is Cc1ccc(C)c(C2(CN)CC(F)(F)C2)c1. The van der Waals surface area contributed by atoms with Crippen molar-refractivity contribution < 1.29 is 8.78 Å². The number of rotatable bonds is 2. The van der Waals surface area contributed by atoms with Crippen LogP contribution in [0.25, 0.3) is 0 Å². The first-order chi connectivity index (χ1) is 7.38. The second kappa shape index (κ2) is 3.52. The van der Waals surface area contributed by atoms with Crippen molar-refractivity contribution >= 4 is 0 Å². The molecule has 1 saturated carbocycles. The first-order valence-corrected chi connectivity index (χ1v) is 5.54. The number of aryl methyl sites for hydroxylation is 2. The van der Waals surface area contributed by atoms with Gasteiger partial charge in [0.2, 0.25) is 5.92 Å². The number of benzene rings is 1. The van der Waals surface area contributed by atoms with Gasteiger partial charge in [-0.2, -0.15) is 0 Å². The van der Waals surface area contributed by atoms with Crippen LogP contribution in [0.5, 0.6) is 0 Å². The van der Waals surface area contributed by atoms with Crippen LogP contribution >= 0.6 is 0 Å². The Labute approximate surface area is 94.7 Å². The summed E-state index contributed by atoms with van der Waals surface area (Å²) in [4.78, 5) is 0. The average molecular weight is 225 g/mol. The van der Waals surface area contributed by atoms with Gasteiger partial charge >= 0.3 is 0 Å². The second-order valence-corrected chi connectivity index (χ2v) is 5.01. The smallest absolute Gasteiger partial charge is 0.250 e. The van der Waals surface area contributed by atoms with Gasteiger partial charge in [0.15, 0.2) is 0 Å². The Kier molecular flexibility index (Phi) is 2.54. The van der Waals surface area contributed by atoms with Crippen LogP contribution in [-0.4, -0.2) is 12.5 Å². The molecule has 0 heterocycles. The lowest BCUT2D eigenvalue weighted by molar-refractivity contribution is -0.123. The zero-order valence-corrected chi connectivity index (χ0v) is 9.69. The Morgan fingerprint density at radius 1 is 1.25 bits per heavy atom. The standard InChI is InChI=1S/C13H17F2N/c1-9-3-4-10(2)11(5-9)12(8-16)6-13(14,15)7-12/h3-5H,6-8,16H2,1-2H3. The van der Waals surface area contributed by atoms with Crippen LogP contribution in [-0.2, 0) is 5.41 Å². The fraction of sp³-hybridized carbons (Fsp3) is 0.538. The third kappa shape index (κ3) is 1.73. The summed E-state index contributed by atoms with van der Waals surface area (Å²) in [5, 5.41) is 0. The van der Waals surface area contributed by atoms with Gasteiger partial charge in [0, 0.05) is 24.8 Å². The molecular formula is C13H17F2N. The van der Waals surface area contributed by atoms with E-state index in [1.54, 1.807) is 0 Å². The lowest BCUT2D eigenvalue weighted by Gasteiger charge is -2.48. The van der Waals surface area contributed by atoms with Crippen LogP contribution in [0.2, 0.25) is 0 Å². The van der Waals surface area contributed by atoms with Crippen molar-refractivity contribution in [3.8, 4) is 0 Å². The normalized spacial score (nSPS) is 21.6. The molecule has 2 rings (SSSR count). The Bertz CT molecular complexity index is 404. The van der Waals surface area contributed by atoms with Gasteiger partial charge in [0.25, 0.3) is 0 Å². The van der Waals surface area contributed by atoms with E-state index in [4.69, 9.17) is 5.73 Å². The van der Waals surface area contributed by atoms with Crippen LogP contribution in [0.1, 0.15) is 29.5 Å². The highest BCUT2D eigenvalue weighted by Gasteiger charge is 2.56. The summed E-state index contributed by atoms with van der Waals surface area (Å²) in [6.07, 6.45) is -0.221. The number of halogens is 2. The number of hydrogen-bond acceptors (Lipinski definition) is 1. The molecule has 2 N–H and O–H groups in total. The molecule has 0 atom stereocenters. The van der Waals surface area contributed by atoms with E-state index in [-0.39, 0.29) is 12.8 Å². The highest BCUT2D eigenvalue weighted by atomic mass is 19.3. The van der Waals surface area contributed by atoms with E-state index in [1.807, 2.05) is 32.0 Å². The van der Waals surface area contributed by atoms with Gasteiger partial charge in [-0.3, -0.25) is 0 Å². The zero-order chi connectivity index (χ0) is 12.0. The van der Waals surface area contributed by atoms with E-state index in [9.17, 15) is 8.78 Å². The van der Waals surface area contributed by atoms with Gasteiger partial charge in [-0.25, -0.2) is 8.78 Å². The second-order valence-electron chi connectivity index (χ2n) is 5.01. The van der Waals surface area contributed by atoms with E-state index in [0.29, 0.717) is 6.54 Å². The number of hydrogen-bond donors (Lipinski definition) is 1. The Hall–Kier alpha value is -0.960. The van der Waals surface area contributed by atoms with E-state index >= 15 is 0 Å². The van der Waals surface area contributed by atoms with Gasteiger partial charge in [0.05, 0.1) is 0 Å². The van der Waals surface area contributed by atoms with Gasteiger partial charge in [-0.15, -0.1) is 0 Å². The Morgan fingerprint density at radius 2 is 1.88 bits per heavy atom. The number of nitrogens with two attached hydrogens (primary N) is 1. The molecule has 0 saturated heterocycles. The lowest BCUT2D eigenvalue weighted by atomic mass is 9.61. The molecule has 1 aliphatic carbocycles. The van der Waals surface area contributed by atoms with Crippen molar-refractivity contribution in [2.24, 2.45) is 5.73 Å². The monoisotopic (exact) mass is 225 g/mol. The molecule has 0 aliphatic heterocycles. The largest absolute Gasteiger partial charge is 0.330 e. The maximum Gasteiger partial charge on any atom is 0.250 e. The minimum atomic E-state index is -2.53. The van der Waals surface area contributed by atoms with E-state index < -0.39 is 11.3 Å². The first-order valence-electron chi connectivity index (χ1n) is 5.54. The van der Waals surface area contributed by atoms with Crippen molar-refractivity contribution in [2.45, 2.75) is 38.0 Å². The summed E-state index contributed by atoms with van der Waals surface area (Å²) in [7, 11) is 0. The van der Waals surface area contributed by atoms with Crippen LogP contribution in [0.4, 0.5) is 8.78 Å². The molecule has 0 unspecified atom stereocenters. The van der Waals surface area contributed by atoms with Crippen molar-refractivity contribution in [2.75, 3.05) is 6.54 Å². The van der Waals surface area contributed by atoms with Gasteiger partial charge in [-0.1, -0.05) is 23.8 Å². The molecule has 0 radical (unpaired) electrons. The maximum absolute atomic E-state index is 13.1. The molecule has 0 amide bonds. The summed E-state index contributed by atoms with van der Waals surface area (Å²) in [5.41, 5.74) is 8.37. The van der Waals surface area contributed by atoms with E-state index in [1.165, 1.54) is 0 Å². The predicted octanol–water partition coefficient (Wildman–Crippen LogP) is 2.93. The quantitative estimate of drug-likeness (QED) is 0.822. The van der Waals surface area contributed by atoms with Gasteiger partial charge in [-0.05, 0) is 25.0 Å². The van der Waals surface area contributed by atoms with E-state index in [2.05, 4.69) is 0 Å². The molecule has 88 valence electrons. The molecule has 1 aromatic rings. The molecule has 0 bridgehead atoms. The number of alkyl halides is 2. The average Bonchev–Trinajstić information content (AvgIpc) is 2.17. The zero-order valence-electron chi connectivity index (χ0n) is 9.69. The molecule has 1 nitrogen and oxygen atoms in total. The third-order valence-electron chi connectivity index (χ3n) is 3.55. The molecule has 1 fully saturated rings. The van der Waals surface area contributed by atoms with Gasteiger partial charge < -0.3 is 5.73 Å². The van der Waals surface area contributed by atoms with Crippen LogP contribution in [0.3, 0.4) is 0 Å². The van der Waals surface area contributed by atoms with Crippen molar-refractivity contribution in [1.29, 1.82) is 0 Å². The molecule has 0 aromatic heterocycles. The molecule has 3 heteroatoms. The van der Waals surface area contributed by atoms with Crippen LogP contribution in [0.15, 0.2) is 18.2 Å². The van der Waals surface area contributed by atoms with Crippen molar-refractivity contribution in [1.82, 2.24) is 0 Å². The van der Waals surface area contributed by atoms with E-state index in [0.717, 1.165) is 16.7 Å². The maximum atomic E-state index is 13.1. The Balaban J connectivity index is 2.39. The highest BCUT2D eigenvalue weighted by Crippen LogP contribution is 2.53. The molecule has 1 aromatic carbocycles. The predicted molar refractivity (Wildman–Crippen MR) is 60.8 cm³/mol. The summed E-state index contributed by atoms with van der Waals surface area (Å²) in [6, 6.07) is 5.98. The van der Waals surface area contributed by atoms with Crippen LogP contribution in [0, 0.1) is 13.8 Å². The summed E-state index contributed by atoms with van der Waals surface area (Å²) in [6.45, 7) is 4.24. The molecular weight excluding hydrogens is 208 g/mol. The third-order valence-corrected chi connectivity index (χ3v) is 3.55. The highest BCUT2D eigenvalue weighted by molar-refractivity contribution is 5.40. The van der Waals surface area contributed by atoms with Crippen molar-refractivity contribution in [3.63, 3.8) is 0 Å². The first kappa shape index (κ1) is 11.5. The Morgan fingerprint density at radius 3 is 2.38 bits per heavy atom.